The molecule has 0 aliphatic heterocycles. The van der Waals surface area contributed by atoms with Crippen LogP contribution in [0, 0.1) is 0 Å². The van der Waals surface area contributed by atoms with Crippen molar-refractivity contribution in [2.75, 3.05) is 6.61 Å². The van der Waals surface area contributed by atoms with Gasteiger partial charge in [-0.2, -0.15) is 0 Å². The van der Waals surface area contributed by atoms with Gasteiger partial charge in [0.05, 0.1) is 31.3 Å². The van der Waals surface area contributed by atoms with E-state index < -0.39 is 75.2 Å². The van der Waals surface area contributed by atoms with Crippen molar-refractivity contribution < 1.29 is 59.0 Å². The molecule has 0 heterocycles. The molecule has 0 spiro atoms. The van der Waals surface area contributed by atoms with Crippen LogP contribution in [0.25, 0.3) is 0 Å². The summed E-state index contributed by atoms with van der Waals surface area (Å²) in [4.78, 5) is 23.3. The van der Waals surface area contributed by atoms with Crippen LogP contribution in [0.2, 0.25) is 0 Å². The number of phosphoric ester groups is 1. The number of aliphatic hydroxyl groups excluding tert-OH is 7. The third-order valence-electron chi connectivity index (χ3n) is 10.5. The molecule has 1 aliphatic carbocycles. The minimum absolute atomic E-state index is 0.217. The zero-order valence-electron chi connectivity index (χ0n) is 32.9. The highest BCUT2D eigenvalue weighted by atomic mass is 31.2. The fraction of sp³-hybridized carbons (Fsp3) is 0.974. The predicted octanol–water partition coefficient (Wildman–Crippen LogP) is 5.70. The Morgan fingerprint density at radius 3 is 1.36 bits per heavy atom. The number of aliphatic hydroxyl groups is 7. The van der Waals surface area contributed by atoms with Crippen molar-refractivity contribution >= 4 is 13.7 Å². The molecule has 0 aromatic rings. The first-order chi connectivity index (χ1) is 25.3. The summed E-state index contributed by atoms with van der Waals surface area (Å²) < 4.78 is 22.7. The SMILES string of the molecule is CCCCCCCCCCCCCCCCCCC(O)CC(=O)NC(COP(=O)(O)OC1C(O)C(O)C(O)C(O)C1O)C(O)CCCCCCCCC. The smallest absolute Gasteiger partial charge is 0.393 e. The number of phosphoric acid groups is 1. The quantitative estimate of drug-likeness (QED) is 0.0283. The molecule has 14 heteroatoms. The van der Waals surface area contributed by atoms with E-state index in [1.165, 1.54) is 77.0 Å². The molecule has 1 rings (SSSR count). The molecule has 0 saturated heterocycles. The van der Waals surface area contributed by atoms with Crippen molar-refractivity contribution in [1.82, 2.24) is 5.32 Å². The Morgan fingerprint density at radius 2 is 0.943 bits per heavy atom. The lowest BCUT2D eigenvalue weighted by atomic mass is 9.85. The van der Waals surface area contributed by atoms with Crippen molar-refractivity contribution in [2.45, 2.75) is 236 Å². The van der Waals surface area contributed by atoms with Gasteiger partial charge < -0.3 is 46.0 Å². The lowest BCUT2D eigenvalue weighted by Crippen LogP contribution is -2.64. The second-order valence-electron chi connectivity index (χ2n) is 15.4. The van der Waals surface area contributed by atoms with Gasteiger partial charge in [-0.1, -0.05) is 162 Å². The fourth-order valence-electron chi connectivity index (χ4n) is 6.95. The zero-order chi connectivity index (χ0) is 39.5. The van der Waals surface area contributed by atoms with Gasteiger partial charge in [-0.3, -0.25) is 13.8 Å². The first-order valence-electron chi connectivity index (χ1n) is 21.1. The van der Waals surface area contributed by atoms with Gasteiger partial charge in [-0.15, -0.1) is 0 Å². The maximum Gasteiger partial charge on any atom is 0.472 e. The van der Waals surface area contributed by atoms with Gasteiger partial charge in [-0.25, -0.2) is 4.57 Å². The van der Waals surface area contributed by atoms with Gasteiger partial charge in [0, 0.05) is 0 Å². The summed E-state index contributed by atoms with van der Waals surface area (Å²) in [6.07, 6.45) is 13.5. The Bertz CT molecular complexity index is 932. The Labute approximate surface area is 319 Å². The number of hydrogen-bond donors (Lipinski definition) is 9. The first kappa shape index (κ1) is 50.3. The summed E-state index contributed by atoms with van der Waals surface area (Å²) >= 11 is 0. The highest BCUT2D eigenvalue weighted by Gasteiger charge is 2.51. The summed E-state index contributed by atoms with van der Waals surface area (Å²) in [7, 11) is -5.10. The summed E-state index contributed by atoms with van der Waals surface area (Å²) in [6.45, 7) is 3.71. The number of unbranched alkanes of at least 4 members (excludes halogenated alkanes) is 21. The van der Waals surface area contributed by atoms with Crippen LogP contribution in [-0.2, 0) is 18.4 Å². The molecule has 0 aromatic heterocycles. The molecule has 13 nitrogen and oxygen atoms in total. The minimum atomic E-state index is -5.10. The summed E-state index contributed by atoms with van der Waals surface area (Å²) in [5.74, 6) is -0.562. The third kappa shape index (κ3) is 23.2. The van der Waals surface area contributed by atoms with Gasteiger partial charge in [0.2, 0.25) is 5.91 Å². The van der Waals surface area contributed by atoms with Crippen molar-refractivity contribution in [1.29, 1.82) is 0 Å². The summed E-state index contributed by atoms with van der Waals surface area (Å²) in [5.41, 5.74) is 0. The van der Waals surface area contributed by atoms with E-state index in [1.54, 1.807) is 0 Å². The summed E-state index contributed by atoms with van der Waals surface area (Å²) in [6, 6.07) is -1.14. The molecular weight excluding hydrogens is 705 g/mol. The number of rotatable bonds is 34. The highest BCUT2D eigenvalue weighted by molar-refractivity contribution is 7.47. The van der Waals surface area contributed by atoms with E-state index in [2.05, 4.69) is 19.2 Å². The van der Waals surface area contributed by atoms with Crippen LogP contribution in [-0.4, -0.2) is 108 Å². The number of nitrogens with one attached hydrogen (secondary N) is 1. The van der Waals surface area contributed by atoms with Crippen LogP contribution >= 0.6 is 7.82 Å². The zero-order valence-corrected chi connectivity index (χ0v) is 33.8. The number of amides is 1. The van der Waals surface area contributed by atoms with Crippen molar-refractivity contribution in [2.24, 2.45) is 0 Å². The second kappa shape index (κ2) is 30.4. The van der Waals surface area contributed by atoms with Gasteiger partial charge >= 0.3 is 7.82 Å². The second-order valence-corrected chi connectivity index (χ2v) is 16.8. The molecule has 1 aliphatic rings. The third-order valence-corrected chi connectivity index (χ3v) is 11.5. The Kier molecular flexibility index (Phi) is 28.9. The van der Waals surface area contributed by atoms with E-state index in [4.69, 9.17) is 9.05 Å². The van der Waals surface area contributed by atoms with Crippen molar-refractivity contribution in [3.63, 3.8) is 0 Å². The van der Waals surface area contributed by atoms with Crippen LogP contribution in [0.4, 0.5) is 0 Å². The minimum Gasteiger partial charge on any atom is -0.393 e. The molecule has 8 unspecified atom stereocenters. The Morgan fingerprint density at radius 1 is 0.585 bits per heavy atom. The largest absolute Gasteiger partial charge is 0.472 e. The predicted molar refractivity (Wildman–Crippen MR) is 206 cm³/mol. The lowest BCUT2D eigenvalue weighted by molar-refractivity contribution is -0.220. The van der Waals surface area contributed by atoms with Crippen molar-refractivity contribution in [3.05, 3.63) is 0 Å². The van der Waals surface area contributed by atoms with Gasteiger partial charge in [-0.05, 0) is 12.8 Å². The molecule has 53 heavy (non-hydrogen) atoms. The maximum absolute atomic E-state index is 12.9. The molecule has 1 fully saturated rings. The average Bonchev–Trinajstić information content (AvgIpc) is 3.12. The summed E-state index contributed by atoms with van der Waals surface area (Å²) in [5, 5.41) is 74.1. The number of carbonyl (C=O) groups is 1. The number of carbonyl (C=O) groups excluding carboxylic acids is 1. The Balaban J connectivity index is 2.47. The first-order valence-corrected chi connectivity index (χ1v) is 22.6. The molecule has 316 valence electrons. The molecular formula is C39H78NO12P. The normalized spacial score (nSPS) is 24.8. The van der Waals surface area contributed by atoms with Crippen LogP contribution < -0.4 is 5.32 Å². The van der Waals surface area contributed by atoms with E-state index in [0.29, 0.717) is 12.8 Å². The van der Waals surface area contributed by atoms with Crippen LogP contribution in [0.15, 0.2) is 0 Å². The average molecular weight is 784 g/mol. The van der Waals surface area contributed by atoms with Gasteiger partial charge in [0.15, 0.2) is 0 Å². The van der Waals surface area contributed by atoms with E-state index in [9.17, 15) is 50.0 Å². The fourth-order valence-corrected chi connectivity index (χ4v) is 7.92. The molecule has 0 radical (unpaired) electrons. The Hall–Kier alpha value is -0.700. The van der Waals surface area contributed by atoms with Crippen molar-refractivity contribution in [3.8, 4) is 0 Å². The lowest BCUT2D eigenvalue weighted by Gasteiger charge is -2.41. The van der Waals surface area contributed by atoms with Crippen LogP contribution in [0.3, 0.4) is 0 Å². The topological polar surface area (TPSA) is 226 Å². The molecule has 0 bridgehead atoms. The van der Waals surface area contributed by atoms with E-state index in [0.717, 1.165) is 64.2 Å². The van der Waals surface area contributed by atoms with Gasteiger partial charge in [0.25, 0.3) is 0 Å². The van der Waals surface area contributed by atoms with Crippen LogP contribution in [0.1, 0.15) is 181 Å². The standard InChI is InChI=1S/C39H78NO12P/c1-3-5-7-9-11-12-13-14-15-16-17-18-19-21-22-24-26-30(41)28-33(43)40-31(32(42)27-25-23-20-10-8-6-4-2)29-51-53(49,50)52-39-37(47)35(45)34(44)36(46)38(39)48/h30-32,34-39,41-42,44-48H,3-29H2,1-2H3,(H,40,43)(H,49,50). The molecule has 1 amide bonds. The van der Waals surface area contributed by atoms with Gasteiger partial charge in [0.1, 0.15) is 36.6 Å². The molecule has 0 aromatic carbocycles. The van der Waals surface area contributed by atoms with E-state index >= 15 is 0 Å². The number of hydrogen-bond acceptors (Lipinski definition) is 11. The van der Waals surface area contributed by atoms with Crippen LogP contribution in [0.5, 0.6) is 0 Å². The van der Waals surface area contributed by atoms with E-state index in [-0.39, 0.29) is 12.8 Å². The monoisotopic (exact) mass is 784 g/mol. The van der Waals surface area contributed by atoms with E-state index in [1.807, 2.05) is 0 Å². The molecule has 9 N–H and O–H groups in total. The highest BCUT2D eigenvalue weighted by Crippen LogP contribution is 2.47. The molecule has 8 atom stereocenters. The maximum atomic E-state index is 12.9. The molecule has 1 saturated carbocycles.